The third-order valence-electron chi connectivity index (χ3n) is 3.19. The van der Waals surface area contributed by atoms with Crippen LogP contribution in [0, 0.1) is 11.6 Å². The molecule has 1 unspecified atom stereocenters. The van der Waals surface area contributed by atoms with Crippen LogP contribution in [-0.4, -0.2) is 6.04 Å². The standard InChI is InChI=1S/C16H16BrF2NO/c1-2-10(20)8-12-14(18)4-3-5-16(12)21-11-6-7-15(19)13(17)9-11/h3-7,9-10H,2,8,20H2,1H3. The summed E-state index contributed by atoms with van der Waals surface area (Å²) in [5.74, 6) is 0.102. The van der Waals surface area contributed by atoms with E-state index < -0.39 is 0 Å². The maximum Gasteiger partial charge on any atom is 0.137 e. The van der Waals surface area contributed by atoms with Gasteiger partial charge in [0.25, 0.3) is 0 Å². The lowest BCUT2D eigenvalue weighted by atomic mass is 10.0. The van der Waals surface area contributed by atoms with Crippen molar-refractivity contribution >= 4 is 15.9 Å². The third kappa shape index (κ3) is 4.02. The molecule has 0 aliphatic carbocycles. The van der Waals surface area contributed by atoms with Crippen molar-refractivity contribution in [1.29, 1.82) is 0 Å². The highest BCUT2D eigenvalue weighted by Gasteiger charge is 2.14. The first-order valence-electron chi connectivity index (χ1n) is 6.67. The van der Waals surface area contributed by atoms with Gasteiger partial charge in [0.2, 0.25) is 0 Å². The van der Waals surface area contributed by atoms with Crippen LogP contribution in [0.5, 0.6) is 11.5 Å². The average molecular weight is 356 g/mol. The molecule has 5 heteroatoms. The zero-order valence-corrected chi connectivity index (χ0v) is 13.2. The van der Waals surface area contributed by atoms with E-state index in [0.29, 0.717) is 28.0 Å². The number of ether oxygens (including phenoxy) is 1. The van der Waals surface area contributed by atoms with E-state index in [-0.39, 0.29) is 17.7 Å². The van der Waals surface area contributed by atoms with Gasteiger partial charge in [-0.2, -0.15) is 0 Å². The van der Waals surface area contributed by atoms with Gasteiger partial charge in [-0.1, -0.05) is 13.0 Å². The zero-order valence-electron chi connectivity index (χ0n) is 11.6. The minimum Gasteiger partial charge on any atom is -0.457 e. The number of nitrogens with two attached hydrogens (primary N) is 1. The van der Waals surface area contributed by atoms with Crippen LogP contribution < -0.4 is 10.5 Å². The van der Waals surface area contributed by atoms with Gasteiger partial charge >= 0.3 is 0 Å². The molecule has 112 valence electrons. The first-order valence-corrected chi connectivity index (χ1v) is 7.46. The van der Waals surface area contributed by atoms with Crippen molar-refractivity contribution in [1.82, 2.24) is 0 Å². The van der Waals surface area contributed by atoms with Gasteiger partial charge in [0.15, 0.2) is 0 Å². The van der Waals surface area contributed by atoms with Crippen molar-refractivity contribution in [3.8, 4) is 11.5 Å². The molecule has 2 N–H and O–H groups in total. The summed E-state index contributed by atoms with van der Waals surface area (Å²) < 4.78 is 33.2. The maximum atomic E-state index is 14.0. The molecule has 2 nitrogen and oxygen atoms in total. The molecule has 1 atom stereocenters. The van der Waals surface area contributed by atoms with Crippen LogP contribution in [0.15, 0.2) is 40.9 Å². The molecule has 21 heavy (non-hydrogen) atoms. The van der Waals surface area contributed by atoms with Crippen LogP contribution in [0.2, 0.25) is 0 Å². The summed E-state index contributed by atoms with van der Waals surface area (Å²) in [7, 11) is 0. The van der Waals surface area contributed by atoms with Crippen LogP contribution in [0.1, 0.15) is 18.9 Å². The Labute approximate surface area is 131 Å². The molecule has 2 aromatic carbocycles. The molecule has 2 rings (SSSR count). The molecule has 0 bridgehead atoms. The van der Waals surface area contributed by atoms with Crippen LogP contribution >= 0.6 is 15.9 Å². The highest BCUT2D eigenvalue weighted by molar-refractivity contribution is 9.10. The summed E-state index contributed by atoms with van der Waals surface area (Å²) in [6.45, 7) is 1.95. The van der Waals surface area contributed by atoms with Crippen molar-refractivity contribution in [3.63, 3.8) is 0 Å². The second kappa shape index (κ2) is 7.00. The lowest BCUT2D eigenvalue weighted by molar-refractivity contribution is 0.459. The van der Waals surface area contributed by atoms with Gasteiger partial charge in [0, 0.05) is 11.6 Å². The van der Waals surface area contributed by atoms with Gasteiger partial charge in [-0.3, -0.25) is 0 Å². The van der Waals surface area contributed by atoms with Crippen molar-refractivity contribution in [2.45, 2.75) is 25.8 Å². The molecule has 0 aliphatic heterocycles. The van der Waals surface area contributed by atoms with Crippen molar-refractivity contribution in [2.75, 3.05) is 0 Å². The Bertz CT molecular complexity index is 634. The summed E-state index contributed by atoms with van der Waals surface area (Å²) in [6.07, 6.45) is 1.14. The van der Waals surface area contributed by atoms with Crippen molar-refractivity contribution in [2.24, 2.45) is 5.73 Å². The number of benzene rings is 2. The second-order valence-corrected chi connectivity index (χ2v) is 5.62. The molecular formula is C16H16BrF2NO. The Morgan fingerprint density at radius 1 is 1.19 bits per heavy atom. The van der Waals surface area contributed by atoms with E-state index in [1.54, 1.807) is 12.1 Å². The van der Waals surface area contributed by atoms with Crippen LogP contribution in [0.25, 0.3) is 0 Å². The molecule has 0 saturated heterocycles. The van der Waals surface area contributed by atoms with E-state index in [9.17, 15) is 8.78 Å². The third-order valence-corrected chi connectivity index (χ3v) is 3.79. The Balaban J connectivity index is 2.30. The predicted octanol–water partition coefficient (Wildman–Crippen LogP) is 4.80. The average Bonchev–Trinajstić information content (AvgIpc) is 2.46. The summed E-state index contributed by atoms with van der Waals surface area (Å²) in [5, 5.41) is 0. The number of hydrogen-bond donors (Lipinski definition) is 1. The number of halogens is 3. The van der Waals surface area contributed by atoms with E-state index in [4.69, 9.17) is 10.5 Å². The monoisotopic (exact) mass is 355 g/mol. The summed E-state index contributed by atoms with van der Waals surface area (Å²) >= 11 is 3.09. The lowest BCUT2D eigenvalue weighted by Crippen LogP contribution is -2.22. The van der Waals surface area contributed by atoms with Gasteiger partial charge in [0.1, 0.15) is 23.1 Å². The first-order chi connectivity index (χ1) is 10.0. The van der Waals surface area contributed by atoms with Gasteiger partial charge in [-0.15, -0.1) is 0 Å². The van der Waals surface area contributed by atoms with E-state index in [1.165, 1.54) is 24.3 Å². The topological polar surface area (TPSA) is 35.2 Å². The summed E-state index contributed by atoms with van der Waals surface area (Å²) in [6, 6.07) is 8.78. The molecule has 0 radical (unpaired) electrons. The maximum absolute atomic E-state index is 14.0. The van der Waals surface area contributed by atoms with Crippen molar-refractivity contribution in [3.05, 3.63) is 58.1 Å². The number of rotatable bonds is 5. The quantitative estimate of drug-likeness (QED) is 0.835. The smallest absolute Gasteiger partial charge is 0.137 e. The van der Waals surface area contributed by atoms with Crippen molar-refractivity contribution < 1.29 is 13.5 Å². The van der Waals surface area contributed by atoms with Gasteiger partial charge in [-0.05, 0) is 59.1 Å². The largest absolute Gasteiger partial charge is 0.457 e. The molecule has 0 heterocycles. The zero-order chi connectivity index (χ0) is 15.4. The van der Waals surface area contributed by atoms with Crippen LogP contribution in [-0.2, 0) is 6.42 Å². The van der Waals surface area contributed by atoms with Crippen LogP contribution in [0.4, 0.5) is 8.78 Å². The molecule has 0 aromatic heterocycles. The Morgan fingerprint density at radius 2 is 1.95 bits per heavy atom. The Kier molecular flexibility index (Phi) is 5.31. The molecule has 0 aliphatic rings. The predicted molar refractivity (Wildman–Crippen MR) is 82.5 cm³/mol. The van der Waals surface area contributed by atoms with Crippen LogP contribution in [0.3, 0.4) is 0 Å². The Hall–Kier alpha value is -1.46. The molecule has 0 spiro atoms. The SMILES string of the molecule is CCC(N)Cc1c(F)cccc1Oc1ccc(F)c(Br)c1. The molecule has 0 fully saturated rings. The summed E-state index contributed by atoms with van der Waals surface area (Å²) in [5.41, 5.74) is 6.34. The first kappa shape index (κ1) is 15.9. The minimum absolute atomic E-state index is 0.135. The molecule has 2 aromatic rings. The fourth-order valence-corrected chi connectivity index (χ4v) is 2.26. The fraction of sp³-hybridized carbons (Fsp3) is 0.250. The van der Waals surface area contributed by atoms with Gasteiger partial charge in [-0.25, -0.2) is 8.78 Å². The van der Waals surface area contributed by atoms with E-state index in [1.807, 2.05) is 6.92 Å². The van der Waals surface area contributed by atoms with Gasteiger partial charge < -0.3 is 10.5 Å². The van der Waals surface area contributed by atoms with E-state index >= 15 is 0 Å². The normalized spacial score (nSPS) is 12.2. The molecule has 0 amide bonds. The second-order valence-electron chi connectivity index (χ2n) is 4.77. The lowest BCUT2D eigenvalue weighted by Gasteiger charge is -2.15. The molecule has 0 saturated carbocycles. The molecular weight excluding hydrogens is 340 g/mol. The number of hydrogen-bond acceptors (Lipinski definition) is 2. The Morgan fingerprint density at radius 3 is 2.62 bits per heavy atom. The summed E-state index contributed by atoms with van der Waals surface area (Å²) in [4.78, 5) is 0. The minimum atomic E-state index is -0.380. The fourth-order valence-electron chi connectivity index (χ4n) is 1.91. The highest BCUT2D eigenvalue weighted by atomic mass is 79.9. The highest BCUT2D eigenvalue weighted by Crippen LogP contribution is 2.30. The van der Waals surface area contributed by atoms with Gasteiger partial charge in [0.05, 0.1) is 4.47 Å². The van der Waals surface area contributed by atoms with E-state index in [2.05, 4.69) is 15.9 Å². The van der Waals surface area contributed by atoms with E-state index in [0.717, 1.165) is 6.42 Å².